The minimum Gasteiger partial charge on any atom is -0.232 e. The maximum absolute atomic E-state index is 13.0. The van der Waals surface area contributed by atoms with E-state index in [2.05, 4.69) is 10.3 Å². The molecule has 0 aliphatic rings. The Morgan fingerprint density at radius 2 is 1.89 bits per heavy atom. The Bertz CT molecular complexity index is 610. The number of nitrogens with zero attached hydrogens (tertiary/aromatic N) is 4. The molecule has 0 bridgehead atoms. The number of hydrogen-bond acceptors (Lipinski definition) is 3. The zero-order valence-electron chi connectivity index (χ0n) is 9.89. The van der Waals surface area contributed by atoms with Crippen LogP contribution >= 0.6 is 0 Å². The molecule has 0 saturated carbocycles. The van der Waals surface area contributed by atoms with Crippen LogP contribution < -0.4 is 0 Å². The van der Waals surface area contributed by atoms with Crippen molar-refractivity contribution >= 4 is 0 Å². The predicted octanol–water partition coefficient (Wildman–Crippen LogP) is 2.78. The van der Waals surface area contributed by atoms with Crippen molar-refractivity contribution in [2.75, 3.05) is 0 Å². The summed E-state index contributed by atoms with van der Waals surface area (Å²) in [4.78, 5) is 0. The third-order valence-corrected chi connectivity index (χ3v) is 2.72. The summed E-state index contributed by atoms with van der Waals surface area (Å²) in [6.45, 7) is 1.57. The Kier molecular flexibility index (Phi) is 3.25. The third kappa shape index (κ3) is 2.42. The van der Waals surface area contributed by atoms with Crippen molar-refractivity contribution in [3.63, 3.8) is 0 Å². The molecule has 98 valence electrons. The third-order valence-electron chi connectivity index (χ3n) is 2.72. The molecule has 1 aromatic carbocycles. The van der Waals surface area contributed by atoms with Gasteiger partial charge < -0.3 is 0 Å². The molecule has 1 unspecified atom stereocenters. The van der Waals surface area contributed by atoms with Gasteiger partial charge in [-0.3, -0.25) is 0 Å². The lowest BCUT2D eigenvalue weighted by Crippen LogP contribution is -2.19. The summed E-state index contributed by atoms with van der Waals surface area (Å²) in [6.07, 6.45) is -4.67. The van der Waals surface area contributed by atoms with E-state index in [9.17, 15) is 13.2 Å². The van der Waals surface area contributed by atoms with Crippen LogP contribution in [0.4, 0.5) is 13.2 Å². The quantitative estimate of drug-likeness (QED) is 0.839. The SMILES string of the molecule is CC(c1ccccc1)n1nnc(C#N)c1C(F)(F)F. The van der Waals surface area contributed by atoms with Crippen LogP contribution in [0.1, 0.15) is 29.9 Å². The summed E-state index contributed by atoms with van der Waals surface area (Å²) < 4.78 is 39.6. The molecule has 0 aliphatic carbocycles. The average Bonchev–Trinajstić information content (AvgIpc) is 2.82. The topological polar surface area (TPSA) is 54.5 Å². The average molecular weight is 266 g/mol. The molecule has 7 heteroatoms. The fraction of sp³-hybridized carbons (Fsp3) is 0.250. The molecule has 2 aromatic rings. The summed E-state index contributed by atoms with van der Waals surface area (Å²) >= 11 is 0. The van der Waals surface area contributed by atoms with Crippen molar-refractivity contribution < 1.29 is 13.2 Å². The van der Waals surface area contributed by atoms with Crippen molar-refractivity contribution in [1.29, 1.82) is 5.26 Å². The summed E-state index contributed by atoms with van der Waals surface area (Å²) in [5.74, 6) is 0. The van der Waals surface area contributed by atoms with Gasteiger partial charge in [-0.15, -0.1) is 5.10 Å². The van der Waals surface area contributed by atoms with E-state index in [4.69, 9.17) is 5.26 Å². The van der Waals surface area contributed by atoms with E-state index in [0.717, 1.165) is 4.68 Å². The lowest BCUT2D eigenvalue weighted by atomic mass is 10.1. The molecule has 0 spiro atoms. The molecule has 0 saturated heterocycles. The highest BCUT2D eigenvalue weighted by atomic mass is 19.4. The van der Waals surface area contributed by atoms with Gasteiger partial charge in [0, 0.05) is 0 Å². The maximum Gasteiger partial charge on any atom is 0.436 e. The minimum absolute atomic E-state index is 0.655. The molecule has 0 radical (unpaired) electrons. The van der Waals surface area contributed by atoms with Crippen LogP contribution in [0.5, 0.6) is 0 Å². The largest absolute Gasteiger partial charge is 0.436 e. The fourth-order valence-electron chi connectivity index (χ4n) is 1.78. The number of rotatable bonds is 2. The molecular formula is C12H9F3N4. The molecular weight excluding hydrogens is 257 g/mol. The van der Waals surface area contributed by atoms with Crippen molar-refractivity contribution in [2.24, 2.45) is 0 Å². The van der Waals surface area contributed by atoms with Gasteiger partial charge in [-0.05, 0) is 12.5 Å². The maximum atomic E-state index is 13.0. The Hall–Kier alpha value is -2.36. The van der Waals surface area contributed by atoms with Gasteiger partial charge in [-0.25, -0.2) is 4.68 Å². The van der Waals surface area contributed by atoms with Gasteiger partial charge in [0.15, 0.2) is 11.4 Å². The zero-order valence-corrected chi connectivity index (χ0v) is 9.89. The summed E-state index contributed by atoms with van der Waals surface area (Å²) in [5, 5.41) is 15.4. The lowest BCUT2D eigenvalue weighted by molar-refractivity contribution is -0.144. The number of aromatic nitrogens is 3. The first-order chi connectivity index (χ1) is 8.95. The van der Waals surface area contributed by atoms with Crippen LogP contribution in [0, 0.1) is 11.3 Å². The zero-order chi connectivity index (χ0) is 14.0. The highest BCUT2D eigenvalue weighted by Crippen LogP contribution is 2.33. The predicted molar refractivity (Wildman–Crippen MR) is 60.0 cm³/mol. The first kappa shape index (κ1) is 13.1. The second-order valence-electron chi connectivity index (χ2n) is 3.93. The molecule has 4 nitrogen and oxygen atoms in total. The molecule has 0 amide bonds. The van der Waals surface area contributed by atoms with Crippen molar-refractivity contribution in [1.82, 2.24) is 15.0 Å². The summed E-state index contributed by atoms with van der Waals surface area (Å²) in [7, 11) is 0. The number of alkyl halides is 3. The standard InChI is InChI=1S/C12H9F3N4/c1-8(9-5-3-2-4-6-9)19-11(12(13,14)15)10(7-16)17-18-19/h2-6,8H,1H3. The van der Waals surface area contributed by atoms with Crippen LogP contribution in [-0.2, 0) is 6.18 Å². The van der Waals surface area contributed by atoms with E-state index in [1.54, 1.807) is 37.3 Å². The fourth-order valence-corrected chi connectivity index (χ4v) is 1.78. The van der Waals surface area contributed by atoms with E-state index >= 15 is 0 Å². The minimum atomic E-state index is -4.67. The Balaban J connectivity index is 2.53. The van der Waals surface area contributed by atoms with Crippen LogP contribution in [0.3, 0.4) is 0 Å². The van der Waals surface area contributed by atoms with E-state index < -0.39 is 23.6 Å². The van der Waals surface area contributed by atoms with Gasteiger partial charge in [0.2, 0.25) is 0 Å². The monoisotopic (exact) mass is 266 g/mol. The number of hydrogen-bond donors (Lipinski definition) is 0. The van der Waals surface area contributed by atoms with Gasteiger partial charge in [0.25, 0.3) is 0 Å². The van der Waals surface area contributed by atoms with Crippen LogP contribution in [0.25, 0.3) is 0 Å². The molecule has 0 aliphatic heterocycles. The van der Waals surface area contributed by atoms with Gasteiger partial charge in [0.1, 0.15) is 6.07 Å². The second-order valence-corrected chi connectivity index (χ2v) is 3.93. The molecule has 0 N–H and O–H groups in total. The highest BCUT2D eigenvalue weighted by Gasteiger charge is 2.40. The van der Waals surface area contributed by atoms with Crippen LogP contribution in [0.15, 0.2) is 30.3 Å². The Labute approximate surface area is 107 Å². The molecule has 0 fully saturated rings. The van der Waals surface area contributed by atoms with Gasteiger partial charge in [0.05, 0.1) is 6.04 Å². The van der Waals surface area contributed by atoms with Crippen molar-refractivity contribution in [3.05, 3.63) is 47.3 Å². The Morgan fingerprint density at radius 1 is 1.26 bits per heavy atom. The highest BCUT2D eigenvalue weighted by molar-refractivity contribution is 5.29. The van der Waals surface area contributed by atoms with E-state index in [1.165, 1.54) is 6.07 Å². The van der Waals surface area contributed by atoms with Gasteiger partial charge in [-0.1, -0.05) is 35.5 Å². The van der Waals surface area contributed by atoms with E-state index in [-0.39, 0.29) is 0 Å². The van der Waals surface area contributed by atoms with Crippen LogP contribution in [-0.4, -0.2) is 15.0 Å². The lowest BCUT2D eigenvalue weighted by Gasteiger charge is -2.16. The molecule has 1 atom stereocenters. The molecule has 1 heterocycles. The van der Waals surface area contributed by atoms with Gasteiger partial charge in [-0.2, -0.15) is 18.4 Å². The van der Waals surface area contributed by atoms with E-state index in [0.29, 0.717) is 5.56 Å². The summed E-state index contributed by atoms with van der Waals surface area (Å²) in [5.41, 5.74) is -1.18. The number of halogens is 3. The van der Waals surface area contributed by atoms with Crippen molar-refractivity contribution in [2.45, 2.75) is 19.1 Å². The number of benzene rings is 1. The Morgan fingerprint density at radius 3 is 2.42 bits per heavy atom. The molecule has 1 aromatic heterocycles. The normalized spacial score (nSPS) is 13.0. The smallest absolute Gasteiger partial charge is 0.232 e. The first-order valence-electron chi connectivity index (χ1n) is 5.42. The van der Waals surface area contributed by atoms with E-state index in [1.807, 2.05) is 0 Å². The number of nitriles is 1. The summed E-state index contributed by atoms with van der Waals surface area (Å²) in [6, 6.07) is 9.35. The van der Waals surface area contributed by atoms with Crippen molar-refractivity contribution in [3.8, 4) is 6.07 Å². The van der Waals surface area contributed by atoms with Crippen LogP contribution in [0.2, 0.25) is 0 Å². The first-order valence-corrected chi connectivity index (χ1v) is 5.42. The molecule has 19 heavy (non-hydrogen) atoms. The van der Waals surface area contributed by atoms with Gasteiger partial charge >= 0.3 is 6.18 Å². The molecule has 2 rings (SSSR count). The second kappa shape index (κ2) is 4.72.